The SMILES string of the molecule is Cc1ncc(-c2ccc3c(c2)N(c2ccc(OCC(F)(F)F)nc2)C(=O)C3(C)C)cn1. The molecule has 0 spiro atoms. The van der Waals surface area contributed by atoms with Crippen molar-refractivity contribution in [3.05, 3.63) is 60.3 Å². The maximum atomic E-state index is 13.2. The molecule has 0 aliphatic carbocycles. The van der Waals surface area contributed by atoms with Gasteiger partial charge in [0.2, 0.25) is 11.8 Å². The molecule has 2 aromatic heterocycles. The van der Waals surface area contributed by atoms with Crippen molar-refractivity contribution in [2.75, 3.05) is 11.5 Å². The van der Waals surface area contributed by atoms with E-state index in [0.717, 1.165) is 16.7 Å². The highest BCUT2D eigenvalue weighted by Crippen LogP contribution is 2.46. The van der Waals surface area contributed by atoms with Crippen LogP contribution in [-0.2, 0) is 10.2 Å². The molecular formula is C22H19F3N4O2. The Morgan fingerprint density at radius 1 is 1.00 bits per heavy atom. The van der Waals surface area contributed by atoms with Gasteiger partial charge in [-0.05, 0) is 44.0 Å². The van der Waals surface area contributed by atoms with Crippen LogP contribution in [0.2, 0.25) is 0 Å². The predicted octanol–water partition coefficient (Wildman–Crippen LogP) is 4.74. The zero-order valence-corrected chi connectivity index (χ0v) is 17.1. The third-order valence-corrected chi connectivity index (χ3v) is 5.13. The number of ether oxygens (including phenoxy) is 1. The minimum atomic E-state index is -4.45. The third-order valence-electron chi connectivity index (χ3n) is 5.13. The van der Waals surface area contributed by atoms with E-state index in [4.69, 9.17) is 0 Å². The number of alkyl halides is 3. The Hall–Kier alpha value is -3.49. The lowest BCUT2D eigenvalue weighted by Crippen LogP contribution is -2.33. The molecule has 0 saturated heterocycles. The number of hydrogen-bond acceptors (Lipinski definition) is 5. The van der Waals surface area contributed by atoms with Crippen LogP contribution in [0.5, 0.6) is 5.88 Å². The lowest BCUT2D eigenvalue weighted by Gasteiger charge is -2.20. The Morgan fingerprint density at radius 2 is 1.71 bits per heavy atom. The average molecular weight is 428 g/mol. The van der Waals surface area contributed by atoms with Crippen LogP contribution in [0.1, 0.15) is 25.2 Å². The number of amides is 1. The number of benzene rings is 1. The minimum absolute atomic E-state index is 0.162. The fourth-order valence-corrected chi connectivity index (χ4v) is 3.47. The second kappa shape index (κ2) is 7.33. The van der Waals surface area contributed by atoms with E-state index in [9.17, 15) is 18.0 Å². The molecule has 160 valence electrons. The van der Waals surface area contributed by atoms with Crippen molar-refractivity contribution in [2.24, 2.45) is 0 Å². The van der Waals surface area contributed by atoms with Gasteiger partial charge in [0.05, 0.1) is 23.0 Å². The summed E-state index contributed by atoms with van der Waals surface area (Å²) in [5, 5.41) is 0. The summed E-state index contributed by atoms with van der Waals surface area (Å²) in [6.45, 7) is 4.03. The average Bonchev–Trinajstić information content (AvgIpc) is 2.92. The maximum absolute atomic E-state index is 13.2. The molecule has 0 N–H and O–H groups in total. The fraction of sp³-hybridized carbons (Fsp3) is 0.273. The van der Waals surface area contributed by atoms with E-state index in [2.05, 4.69) is 19.7 Å². The second-order valence-corrected chi connectivity index (χ2v) is 7.77. The van der Waals surface area contributed by atoms with Gasteiger partial charge in [0, 0.05) is 24.0 Å². The molecule has 0 atom stereocenters. The van der Waals surface area contributed by atoms with Gasteiger partial charge >= 0.3 is 6.18 Å². The van der Waals surface area contributed by atoms with Crippen LogP contribution in [0, 0.1) is 6.92 Å². The van der Waals surface area contributed by atoms with E-state index in [1.807, 2.05) is 32.0 Å². The molecule has 3 aromatic rings. The normalized spacial score (nSPS) is 15.2. The van der Waals surface area contributed by atoms with Crippen LogP contribution in [0.3, 0.4) is 0 Å². The van der Waals surface area contributed by atoms with Gasteiger partial charge in [0.25, 0.3) is 0 Å². The Morgan fingerprint density at radius 3 is 2.32 bits per heavy atom. The summed E-state index contributed by atoms with van der Waals surface area (Å²) in [4.78, 5) is 27.1. The number of fused-ring (bicyclic) bond motifs is 1. The van der Waals surface area contributed by atoms with Gasteiger partial charge in [0.15, 0.2) is 6.61 Å². The molecule has 31 heavy (non-hydrogen) atoms. The number of nitrogens with zero attached hydrogens (tertiary/aromatic N) is 4. The van der Waals surface area contributed by atoms with Crippen molar-refractivity contribution in [3.8, 4) is 17.0 Å². The molecular weight excluding hydrogens is 409 g/mol. The van der Waals surface area contributed by atoms with E-state index in [-0.39, 0.29) is 11.8 Å². The Bertz CT molecular complexity index is 1130. The topological polar surface area (TPSA) is 68.2 Å². The van der Waals surface area contributed by atoms with Crippen LogP contribution in [-0.4, -0.2) is 33.6 Å². The van der Waals surface area contributed by atoms with Crippen molar-refractivity contribution in [1.29, 1.82) is 0 Å². The van der Waals surface area contributed by atoms with Crippen molar-refractivity contribution < 1.29 is 22.7 Å². The van der Waals surface area contributed by atoms with E-state index in [1.54, 1.807) is 19.3 Å². The van der Waals surface area contributed by atoms with E-state index in [0.29, 0.717) is 17.2 Å². The molecule has 0 bridgehead atoms. The quantitative estimate of drug-likeness (QED) is 0.600. The van der Waals surface area contributed by atoms with Crippen LogP contribution >= 0.6 is 0 Å². The number of carbonyl (C=O) groups excluding carboxylic acids is 1. The molecule has 1 amide bonds. The lowest BCUT2D eigenvalue weighted by atomic mass is 9.85. The smallest absolute Gasteiger partial charge is 0.422 e. The first-order chi connectivity index (χ1) is 14.6. The van der Waals surface area contributed by atoms with Crippen molar-refractivity contribution in [1.82, 2.24) is 15.0 Å². The minimum Gasteiger partial charge on any atom is -0.468 e. The van der Waals surface area contributed by atoms with Crippen LogP contribution in [0.4, 0.5) is 24.5 Å². The Kier molecular flexibility index (Phi) is 4.91. The number of carbonyl (C=O) groups is 1. The van der Waals surface area contributed by atoms with E-state index < -0.39 is 18.2 Å². The van der Waals surface area contributed by atoms with Crippen LogP contribution in [0.15, 0.2) is 48.9 Å². The van der Waals surface area contributed by atoms with Crippen molar-refractivity contribution in [3.63, 3.8) is 0 Å². The van der Waals surface area contributed by atoms with Gasteiger partial charge in [-0.15, -0.1) is 0 Å². The molecule has 9 heteroatoms. The summed E-state index contributed by atoms with van der Waals surface area (Å²) in [6, 6.07) is 8.53. The zero-order chi connectivity index (χ0) is 22.4. The monoisotopic (exact) mass is 428 g/mol. The summed E-state index contributed by atoms with van der Waals surface area (Å²) in [7, 11) is 0. The lowest BCUT2D eigenvalue weighted by molar-refractivity contribution is -0.154. The molecule has 1 aliphatic rings. The number of aryl methyl sites for hydroxylation is 1. The molecule has 3 heterocycles. The largest absolute Gasteiger partial charge is 0.468 e. The summed E-state index contributed by atoms with van der Waals surface area (Å²) in [6.07, 6.45) is 0.302. The first-order valence-electron chi connectivity index (χ1n) is 9.50. The molecule has 4 rings (SSSR count). The van der Waals surface area contributed by atoms with Crippen molar-refractivity contribution >= 4 is 17.3 Å². The first kappa shape index (κ1) is 20.8. The van der Waals surface area contributed by atoms with Crippen LogP contribution in [0.25, 0.3) is 11.1 Å². The zero-order valence-electron chi connectivity index (χ0n) is 17.1. The Balaban J connectivity index is 1.70. The second-order valence-electron chi connectivity index (χ2n) is 7.77. The number of hydrogen-bond donors (Lipinski definition) is 0. The molecule has 1 aromatic carbocycles. The number of aromatic nitrogens is 3. The summed E-state index contributed by atoms with van der Waals surface area (Å²) in [5.41, 5.74) is 2.83. The van der Waals surface area contributed by atoms with Crippen LogP contribution < -0.4 is 9.64 Å². The van der Waals surface area contributed by atoms with E-state index in [1.165, 1.54) is 23.2 Å². The number of halogens is 3. The predicted molar refractivity (Wildman–Crippen MR) is 108 cm³/mol. The van der Waals surface area contributed by atoms with Gasteiger partial charge in [-0.3, -0.25) is 9.69 Å². The number of rotatable bonds is 4. The summed E-state index contributed by atoms with van der Waals surface area (Å²) in [5.74, 6) is 0.324. The number of pyridine rings is 1. The highest BCUT2D eigenvalue weighted by Gasteiger charge is 2.44. The van der Waals surface area contributed by atoms with Gasteiger partial charge in [-0.25, -0.2) is 15.0 Å². The molecule has 0 unspecified atom stereocenters. The van der Waals surface area contributed by atoms with E-state index >= 15 is 0 Å². The highest BCUT2D eigenvalue weighted by atomic mass is 19.4. The Labute approximate surface area is 176 Å². The van der Waals surface area contributed by atoms with Gasteiger partial charge in [-0.2, -0.15) is 13.2 Å². The van der Waals surface area contributed by atoms with Crippen molar-refractivity contribution in [2.45, 2.75) is 32.4 Å². The van der Waals surface area contributed by atoms with Gasteiger partial charge < -0.3 is 4.74 Å². The van der Waals surface area contributed by atoms with Gasteiger partial charge in [0.1, 0.15) is 5.82 Å². The first-order valence-corrected chi connectivity index (χ1v) is 9.50. The van der Waals surface area contributed by atoms with Gasteiger partial charge in [-0.1, -0.05) is 12.1 Å². The molecule has 1 aliphatic heterocycles. The summed E-state index contributed by atoms with van der Waals surface area (Å²) >= 11 is 0. The summed E-state index contributed by atoms with van der Waals surface area (Å²) < 4.78 is 41.7. The number of anilines is 2. The molecule has 0 radical (unpaired) electrons. The molecule has 0 saturated carbocycles. The fourth-order valence-electron chi connectivity index (χ4n) is 3.47. The third kappa shape index (κ3) is 3.95. The maximum Gasteiger partial charge on any atom is 0.422 e. The molecule has 6 nitrogen and oxygen atoms in total. The highest BCUT2D eigenvalue weighted by molar-refractivity contribution is 6.12. The standard InChI is InChI=1S/C22H19F3N4O2/c1-13-26-9-15(10-27-13)14-4-6-17-18(8-14)29(20(30)21(17,2)3)16-5-7-19(28-11-16)31-12-22(23,24)25/h4-11H,12H2,1-3H3. The molecule has 0 fully saturated rings.